The molecule has 16 valence electrons. The summed E-state index contributed by atoms with van der Waals surface area (Å²) in [5, 5.41) is 0. The van der Waals surface area contributed by atoms with Gasteiger partial charge in [0.2, 0.25) is 0 Å². The Labute approximate surface area is 71.9 Å². The second-order valence-electron chi connectivity index (χ2n) is 0. The Kier molecular flexibility index (Phi) is 83.3. The van der Waals surface area contributed by atoms with Crippen LogP contribution in [0.2, 0.25) is 0 Å². The maximum atomic E-state index is 2.00. The van der Waals surface area contributed by atoms with Crippen LogP contribution in [0.1, 0.15) is 13.8 Å². The van der Waals surface area contributed by atoms with Gasteiger partial charge in [0.05, 0.1) is 0 Å². The largest absolute Gasteiger partial charge is 0.0683 e. The van der Waals surface area contributed by atoms with Gasteiger partial charge in [-0.2, -0.15) is 0 Å². The summed E-state index contributed by atoms with van der Waals surface area (Å²) in [4.78, 5) is 0. The zero-order chi connectivity index (χ0) is 2.00. The standard InChI is InChI=1S/C2H6.2Na/c1-2;;/h1-2H3;;. The summed E-state index contributed by atoms with van der Waals surface area (Å²) in [6.07, 6.45) is 0. The molecule has 0 aromatic heterocycles. The Morgan fingerprint density at radius 1 is 0.750 bits per heavy atom. The molecule has 4 heavy (non-hydrogen) atoms. The van der Waals surface area contributed by atoms with Gasteiger partial charge in [0, 0.05) is 59.1 Å². The van der Waals surface area contributed by atoms with Crippen molar-refractivity contribution in [1.82, 2.24) is 0 Å². The Hall–Kier alpha value is 2.00. The van der Waals surface area contributed by atoms with Crippen molar-refractivity contribution >= 4 is 59.1 Å². The SMILES string of the molecule is CC.[Na].[Na]. The Bertz CT molecular complexity index is 4.00. The molecule has 0 fully saturated rings. The van der Waals surface area contributed by atoms with Crippen LogP contribution in [0.5, 0.6) is 0 Å². The molecule has 0 spiro atoms. The van der Waals surface area contributed by atoms with Crippen molar-refractivity contribution in [2.24, 2.45) is 0 Å². The van der Waals surface area contributed by atoms with Crippen molar-refractivity contribution < 1.29 is 0 Å². The van der Waals surface area contributed by atoms with Crippen molar-refractivity contribution in [1.29, 1.82) is 0 Å². The molecule has 0 bridgehead atoms. The topological polar surface area (TPSA) is 0 Å². The van der Waals surface area contributed by atoms with Crippen molar-refractivity contribution in [2.45, 2.75) is 13.8 Å². The van der Waals surface area contributed by atoms with E-state index in [1.54, 1.807) is 0 Å². The predicted molar refractivity (Wildman–Crippen MR) is 22.9 cm³/mol. The van der Waals surface area contributed by atoms with Crippen LogP contribution >= 0.6 is 0 Å². The predicted octanol–water partition coefficient (Wildman–Crippen LogP) is 0.265. The normalized spacial score (nSPS) is 1.50. The molecule has 0 aliphatic rings. The van der Waals surface area contributed by atoms with Gasteiger partial charge >= 0.3 is 0 Å². The quantitative estimate of drug-likeness (QED) is 0.363. The van der Waals surface area contributed by atoms with Gasteiger partial charge in [0.1, 0.15) is 0 Å². The van der Waals surface area contributed by atoms with E-state index in [1.165, 1.54) is 0 Å². The van der Waals surface area contributed by atoms with Crippen molar-refractivity contribution in [2.75, 3.05) is 0 Å². The molecule has 0 aromatic rings. The summed E-state index contributed by atoms with van der Waals surface area (Å²) in [5.41, 5.74) is 0. The molecule has 0 unspecified atom stereocenters. The van der Waals surface area contributed by atoms with Crippen molar-refractivity contribution in [3.8, 4) is 0 Å². The summed E-state index contributed by atoms with van der Waals surface area (Å²) in [5.74, 6) is 0. The van der Waals surface area contributed by atoms with Crippen LogP contribution in [-0.4, -0.2) is 59.1 Å². The number of hydrogen-bond donors (Lipinski definition) is 0. The molecular weight excluding hydrogens is 70.0 g/mol. The summed E-state index contributed by atoms with van der Waals surface area (Å²) in [6.45, 7) is 4.00. The van der Waals surface area contributed by atoms with Gasteiger partial charge < -0.3 is 0 Å². The maximum absolute atomic E-state index is 2.00. The van der Waals surface area contributed by atoms with Crippen LogP contribution in [0, 0.1) is 0 Å². The Morgan fingerprint density at radius 2 is 0.750 bits per heavy atom. The molecule has 2 radical (unpaired) electrons. The summed E-state index contributed by atoms with van der Waals surface area (Å²) < 4.78 is 0. The average Bonchev–Trinajstić information content (AvgIpc) is 1.00. The average molecular weight is 76.0 g/mol. The van der Waals surface area contributed by atoms with E-state index in [4.69, 9.17) is 0 Å². The first-order valence-corrected chi connectivity index (χ1v) is 1.00. The molecule has 0 atom stereocenters. The summed E-state index contributed by atoms with van der Waals surface area (Å²) in [7, 11) is 0. The molecule has 0 amide bonds. The van der Waals surface area contributed by atoms with Crippen LogP contribution < -0.4 is 0 Å². The van der Waals surface area contributed by atoms with E-state index >= 15 is 0 Å². The Morgan fingerprint density at radius 3 is 0.750 bits per heavy atom. The molecule has 0 aliphatic carbocycles. The van der Waals surface area contributed by atoms with Gasteiger partial charge in [-0.3, -0.25) is 0 Å². The van der Waals surface area contributed by atoms with Crippen LogP contribution in [0.15, 0.2) is 0 Å². The minimum absolute atomic E-state index is 0. The van der Waals surface area contributed by atoms with Crippen LogP contribution in [0.4, 0.5) is 0 Å². The molecule has 0 N–H and O–H groups in total. The van der Waals surface area contributed by atoms with Crippen LogP contribution in [-0.2, 0) is 0 Å². The van der Waals surface area contributed by atoms with E-state index in [-0.39, 0.29) is 59.1 Å². The molecule has 2 heteroatoms. The van der Waals surface area contributed by atoms with Crippen molar-refractivity contribution in [3.63, 3.8) is 0 Å². The van der Waals surface area contributed by atoms with Gasteiger partial charge in [-0.15, -0.1) is 0 Å². The Balaban J connectivity index is -0.00000000500. The molecule has 0 saturated carbocycles. The second kappa shape index (κ2) is 20.0. The minimum Gasteiger partial charge on any atom is -0.0683 e. The van der Waals surface area contributed by atoms with E-state index in [0.717, 1.165) is 0 Å². The first kappa shape index (κ1) is 16.7. The zero-order valence-electron chi connectivity index (χ0n) is 4.00. The molecule has 0 aliphatic heterocycles. The van der Waals surface area contributed by atoms with E-state index in [2.05, 4.69) is 0 Å². The fourth-order valence-electron chi connectivity index (χ4n) is 0. The molecular formula is C2H6Na2. The first-order chi connectivity index (χ1) is 1.00. The van der Waals surface area contributed by atoms with Gasteiger partial charge in [0.15, 0.2) is 0 Å². The smallest absolute Gasteiger partial charge is 0 e. The number of rotatable bonds is 0. The first-order valence-electron chi connectivity index (χ1n) is 1.00. The minimum atomic E-state index is 0. The van der Waals surface area contributed by atoms with Crippen LogP contribution in [0.3, 0.4) is 0 Å². The molecule has 0 heterocycles. The van der Waals surface area contributed by atoms with E-state index in [1.807, 2.05) is 13.8 Å². The molecule has 0 aromatic carbocycles. The molecule has 0 nitrogen and oxygen atoms in total. The third kappa shape index (κ3) is 9.00. The van der Waals surface area contributed by atoms with Crippen molar-refractivity contribution in [3.05, 3.63) is 0 Å². The zero-order valence-corrected chi connectivity index (χ0v) is 8.00. The van der Waals surface area contributed by atoms with E-state index < -0.39 is 0 Å². The molecule has 0 rings (SSSR count). The summed E-state index contributed by atoms with van der Waals surface area (Å²) >= 11 is 0. The van der Waals surface area contributed by atoms with Gasteiger partial charge in [-0.25, -0.2) is 0 Å². The second-order valence-corrected chi connectivity index (χ2v) is 0. The monoisotopic (exact) mass is 76.0 g/mol. The maximum Gasteiger partial charge on any atom is 0 e. The number of hydrogen-bond acceptors (Lipinski definition) is 0. The fourth-order valence-corrected chi connectivity index (χ4v) is 0. The summed E-state index contributed by atoms with van der Waals surface area (Å²) in [6, 6.07) is 0. The fraction of sp³-hybridized carbons (Fsp3) is 1.00. The van der Waals surface area contributed by atoms with Crippen LogP contribution in [0.25, 0.3) is 0 Å². The van der Waals surface area contributed by atoms with Gasteiger partial charge in [0.25, 0.3) is 0 Å². The third-order valence-electron chi connectivity index (χ3n) is 0. The van der Waals surface area contributed by atoms with Gasteiger partial charge in [-0.1, -0.05) is 13.8 Å². The third-order valence-corrected chi connectivity index (χ3v) is 0. The van der Waals surface area contributed by atoms with E-state index in [0.29, 0.717) is 0 Å². The van der Waals surface area contributed by atoms with E-state index in [9.17, 15) is 0 Å². The molecule has 0 saturated heterocycles. The van der Waals surface area contributed by atoms with Gasteiger partial charge in [-0.05, 0) is 0 Å².